The molecule has 0 saturated heterocycles. The third-order valence-corrected chi connectivity index (χ3v) is 4.71. The molecule has 2 aromatic rings. The largest absolute Gasteiger partial charge is 0.497 e. The maximum atomic E-state index is 13.0. The number of anilines is 1. The molecular formula is C21H24N2O5. The molecule has 7 nitrogen and oxygen atoms in total. The first-order valence-corrected chi connectivity index (χ1v) is 8.94. The van der Waals surface area contributed by atoms with Gasteiger partial charge in [0.1, 0.15) is 17.2 Å². The van der Waals surface area contributed by atoms with Crippen molar-refractivity contribution in [2.45, 2.75) is 19.6 Å². The number of carbonyl (C=O) groups excluding carboxylic acids is 2. The predicted molar refractivity (Wildman–Crippen MR) is 105 cm³/mol. The molecule has 1 unspecified atom stereocenters. The molecule has 0 aromatic heterocycles. The lowest BCUT2D eigenvalue weighted by atomic mass is 10.1. The van der Waals surface area contributed by atoms with Crippen LogP contribution in [0, 0.1) is 0 Å². The molecule has 7 heteroatoms. The number of likely N-dealkylation sites (N-methyl/N-ethyl adjacent to an activating group) is 1. The smallest absolute Gasteiger partial charge is 0.265 e. The first-order valence-electron chi connectivity index (χ1n) is 8.94. The second-order valence-electron chi connectivity index (χ2n) is 6.58. The molecule has 1 aliphatic heterocycles. The van der Waals surface area contributed by atoms with Crippen LogP contribution in [0.4, 0.5) is 5.69 Å². The van der Waals surface area contributed by atoms with Gasteiger partial charge in [-0.15, -0.1) is 0 Å². The Hall–Kier alpha value is -3.22. The van der Waals surface area contributed by atoms with Gasteiger partial charge < -0.3 is 24.0 Å². The second-order valence-corrected chi connectivity index (χ2v) is 6.58. The Morgan fingerprint density at radius 2 is 1.93 bits per heavy atom. The Balaban J connectivity index is 1.78. The van der Waals surface area contributed by atoms with Crippen LogP contribution >= 0.6 is 0 Å². The summed E-state index contributed by atoms with van der Waals surface area (Å²) in [4.78, 5) is 28.2. The van der Waals surface area contributed by atoms with Gasteiger partial charge in [-0.25, -0.2) is 0 Å². The lowest BCUT2D eigenvalue weighted by Gasteiger charge is -2.35. The number of methoxy groups -OCH3 is 2. The highest BCUT2D eigenvalue weighted by atomic mass is 16.5. The normalized spacial score (nSPS) is 15.3. The van der Waals surface area contributed by atoms with Crippen molar-refractivity contribution in [3.05, 3.63) is 48.0 Å². The molecule has 3 rings (SSSR count). The number of benzene rings is 2. The number of ether oxygens (including phenoxy) is 3. The van der Waals surface area contributed by atoms with Crippen molar-refractivity contribution < 1.29 is 23.8 Å². The summed E-state index contributed by atoms with van der Waals surface area (Å²) < 4.78 is 16.5. The number of rotatable bonds is 5. The van der Waals surface area contributed by atoms with Crippen LogP contribution in [0.15, 0.2) is 42.5 Å². The lowest BCUT2D eigenvalue weighted by Crippen LogP contribution is -2.50. The Labute approximate surface area is 164 Å². The highest BCUT2D eigenvalue weighted by molar-refractivity contribution is 5.95. The molecule has 2 amide bonds. The molecule has 28 heavy (non-hydrogen) atoms. The number of nitrogens with zero attached hydrogens (tertiary/aromatic N) is 2. The summed E-state index contributed by atoms with van der Waals surface area (Å²) >= 11 is 0. The quantitative estimate of drug-likeness (QED) is 0.792. The molecule has 1 atom stereocenters. The van der Waals surface area contributed by atoms with Gasteiger partial charge in [0.25, 0.3) is 5.91 Å². The van der Waals surface area contributed by atoms with Gasteiger partial charge in [-0.05, 0) is 24.3 Å². The van der Waals surface area contributed by atoms with E-state index in [-0.39, 0.29) is 18.4 Å². The summed E-state index contributed by atoms with van der Waals surface area (Å²) in [5, 5.41) is 0. The van der Waals surface area contributed by atoms with Gasteiger partial charge in [-0.1, -0.05) is 12.1 Å². The van der Waals surface area contributed by atoms with E-state index in [9.17, 15) is 9.59 Å². The van der Waals surface area contributed by atoms with Gasteiger partial charge in [0.15, 0.2) is 6.10 Å². The van der Waals surface area contributed by atoms with E-state index in [1.165, 1.54) is 6.92 Å². The van der Waals surface area contributed by atoms with Crippen molar-refractivity contribution in [3.8, 4) is 17.2 Å². The molecule has 0 radical (unpaired) electrons. The molecule has 2 aromatic carbocycles. The summed E-state index contributed by atoms with van der Waals surface area (Å²) in [6.07, 6.45) is -0.770. The Kier molecular flexibility index (Phi) is 5.73. The number of para-hydroxylation sites is 2. The minimum absolute atomic E-state index is 0.131. The molecule has 148 valence electrons. The van der Waals surface area contributed by atoms with E-state index < -0.39 is 6.10 Å². The van der Waals surface area contributed by atoms with Gasteiger partial charge in [-0.2, -0.15) is 0 Å². The molecule has 0 fully saturated rings. The van der Waals surface area contributed by atoms with Crippen LogP contribution in [-0.4, -0.2) is 50.6 Å². The van der Waals surface area contributed by atoms with E-state index in [0.717, 1.165) is 5.56 Å². The number of amides is 2. The van der Waals surface area contributed by atoms with E-state index in [1.807, 2.05) is 30.3 Å². The first-order chi connectivity index (χ1) is 13.4. The maximum absolute atomic E-state index is 13.0. The van der Waals surface area contributed by atoms with Crippen LogP contribution in [0.3, 0.4) is 0 Å². The van der Waals surface area contributed by atoms with Crippen LogP contribution < -0.4 is 19.1 Å². The van der Waals surface area contributed by atoms with Crippen molar-refractivity contribution in [2.24, 2.45) is 0 Å². The van der Waals surface area contributed by atoms with E-state index in [0.29, 0.717) is 29.5 Å². The highest BCUT2D eigenvalue weighted by Crippen LogP contribution is 2.33. The van der Waals surface area contributed by atoms with Gasteiger partial charge in [0, 0.05) is 32.1 Å². The van der Waals surface area contributed by atoms with Gasteiger partial charge in [-0.3, -0.25) is 9.59 Å². The maximum Gasteiger partial charge on any atom is 0.265 e. The Morgan fingerprint density at radius 3 is 2.61 bits per heavy atom. The Bertz CT molecular complexity index is 883. The molecule has 0 spiro atoms. The number of hydrogen-bond acceptors (Lipinski definition) is 5. The van der Waals surface area contributed by atoms with Crippen molar-refractivity contribution in [3.63, 3.8) is 0 Å². The van der Waals surface area contributed by atoms with Gasteiger partial charge in [0.05, 0.1) is 26.5 Å². The minimum Gasteiger partial charge on any atom is -0.497 e. The zero-order valence-corrected chi connectivity index (χ0v) is 16.5. The fraction of sp³-hybridized carbons (Fsp3) is 0.333. The average Bonchev–Trinajstić information content (AvgIpc) is 2.72. The van der Waals surface area contributed by atoms with Crippen molar-refractivity contribution >= 4 is 17.5 Å². The van der Waals surface area contributed by atoms with Crippen LogP contribution in [0.2, 0.25) is 0 Å². The SMILES string of the molecule is COc1ccc(CN(C)C(=O)C2CN(C(C)=O)c3ccccc3O2)c(OC)c1. The second kappa shape index (κ2) is 8.21. The summed E-state index contributed by atoms with van der Waals surface area (Å²) in [5.74, 6) is 1.50. The molecule has 0 N–H and O–H groups in total. The fourth-order valence-corrected chi connectivity index (χ4v) is 3.22. The molecule has 0 saturated carbocycles. The molecule has 1 heterocycles. The van der Waals surface area contributed by atoms with Gasteiger partial charge >= 0.3 is 0 Å². The molecule has 1 aliphatic rings. The monoisotopic (exact) mass is 384 g/mol. The number of hydrogen-bond donors (Lipinski definition) is 0. The zero-order valence-electron chi connectivity index (χ0n) is 16.5. The molecule has 0 bridgehead atoms. The summed E-state index contributed by atoms with van der Waals surface area (Å²) in [5.41, 5.74) is 1.53. The Morgan fingerprint density at radius 1 is 1.18 bits per heavy atom. The average molecular weight is 384 g/mol. The fourth-order valence-electron chi connectivity index (χ4n) is 3.22. The van der Waals surface area contributed by atoms with Gasteiger partial charge in [0.2, 0.25) is 5.91 Å². The third kappa shape index (κ3) is 3.88. The highest BCUT2D eigenvalue weighted by Gasteiger charge is 2.34. The van der Waals surface area contributed by atoms with E-state index in [4.69, 9.17) is 14.2 Å². The number of fused-ring (bicyclic) bond motifs is 1. The van der Waals surface area contributed by atoms with E-state index >= 15 is 0 Å². The van der Waals surface area contributed by atoms with Crippen LogP contribution in [0.25, 0.3) is 0 Å². The van der Waals surface area contributed by atoms with Crippen LogP contribution in [0.5, 0.6) is 17.2 Å². The topological polar surface area (TPSA) is 68.3 Å². The van der Waals surface area contributed by atoms with Crippen molar-refractivity contribution in [2.75, 3.05) is 32.7 Å². The summed E-state index contributed by atoms with van der Waals surface area (Å²) in [7, 11) is 4.86. The standard InChI is InChI=1S/C21H24N2O5/c1-14(24)23-13-20(28-18-8-6-5-7-17(18)23)21(25)22(2)12-15-9-10-16(26-3)11-19(15)27-4/h5-11,20H,12-13H2,1-4H3. The summed E-state index contributed by atoms with van der Waals surface area (Å²) in [6.45, 7) is 2.00. The van der Waals surface area contributed by atoms with E-state index in [2.05, 4.69) is 0 Å². The zero-order chi connectivity index (χ0) is 20.3. The van der Waals surface area contributed by atoms with Crippen molar-refractivity contribution in [1.82, 2.24) is 4.90 Å². The van der Waals surface area contributed by atoms with Crippen molar-refractivity contribution in [1.29, 1.82) is 0 Å². The third-order valence-electron chi connectivity index (χ3n) is 4.71. The van der Waals surface area contributed by atoms with E-state index in [1.54, 1.807) is 43.2 Å². The predicted octanol–water partition coefficient (Wildman–Crippen LogP) is 2.48. The lowest BCUT2D eigenvalue weighted by molar-refractivity contribution is -0.138. The van der Waals surface area contributed by atoms with Crippen LogP contribution in [0.1, 0.15) is 12.5 Å². The number of carbonyl (C=O) groups is 2. The first kappa shape index (κ1) is 19.5. The minimum atomic E-state index is -0.770. The molecular weight excluding hydrogens is 360 g/mol. The summed E-state index contributed by atoms with van der Waals surface area (Å²) in [6, 6.07) is 12.7. The van der Waals surface area contributed by atoms with Crippen LogP contribution in [-0.2, 0) is 16.1 Å². The molecule has 0 aliphatic carbocycles.